The molecule has 3 rings (SSSR count). The van der Waals surface area contributed by atoms with Crippen LogP contribution < -0.4 is 10.3 Å². The quantitative estimate of drug-likeness (QED) is 0.580. The van der Waals surface area contributed by atoms with Crippen molar-refractivity contribution in [3.63, 3.8) is 0 Å². The van der Waals surface area contributed by atoms with E-state index < -0.39 is 0 Å². The molecule has 0 spiro atoms. The summed E-state index contributed by atoms with van der Waals surface area (Å²) < 4.78 is 7.06. The van der Waals surface area contributed by atoms with Crippen molar-refractivity contribution in [3.8, 4) is 16.9 Å². The number of rotatable bonds is 7. The zero-order chi connectivity index (χ0) is 20.4. The summed E-state index contributed by atoms with van der Waals surface area (Å²) in [5, 5.41) is 0.649. The molecule has 0 bridgehead atoms. The molecule has 0 N–H and O–H groups in total. The number of aromatic nitrogens is 2. The lowest BCUT2D eigenvalue weighted by molar-refractivity contribution is -0.117. The molecule has 6 heteroatoms. The fraction of sp³-hybridized carbons (Fsp3) is 0.409. The standard InChI is InChI=1S/C22H26N2O3S/c1-6-7-18-23-21-20(22(26)24(18)11-10-14(3)25)19(15(4)28-21)16-8-9-17(27-5)13(2)12-16/h8-9,12H,6-7,10-11H2,1-5H3. The molecule has 0 amide bonds. The maximum atomic E-state index is 13.4. The van der Waals surface area contributed by atoms with E-state index >= 15 is 0 Å². The molecule has 0 aliphatic heterocycles. The van der Waals surface area contributed by atoms with E-state index in [0.29, 0.717) is 18.4 Å². The van der Waals surface area contributed by atoms with E-state index in [0.717, 1.165) is 50.8 Å². The lowest BCUT2D eigenvalue weighted by Gasteiger charge is -2.12. The van der Waals surface area contributed by atoms with Crippen molar-refractivity contribution in [2.24, 2.45) is 0 Å². The zero-order valence-corrected chi connectivity index (χ0v) is 17.9. The van der Waals surface area contributed by atoms with Gasteiger partial charge >= 0.3 is 0 Å². The summed E-state index contributed by atoms with van der Waals surface area (Å²) in [6.45, 7) is 8.02. The summed E-state index contributed by atoms with van der Waals surface area (Å²) in [5.74, 6) is 1.66. The first-order valence-corrected chi connectivity index (χ1v) is 10.4. The number of hydrogen-bond acceptors (Lipinski definition) is 5. The van der Waals surface area contributed by atoms with Gasteiger partial charge in [-0.15, -0.1) is 11.3 Å². The van der Waals surface area contributed by atoms with Crippen molar-refractivity contribution in [2.75, 3.05) is 7.11 Å². The van der Waals surface area contributed by atoms with Gasteiger partial charge in [0.25, 0.3) is 5.56 Å². The second kappa shape index (κ2) is 8.27. The third-order valence-corrected chi connectivity index (χ3v) is 5.91. The van der Waals surface area contributed by atoms with Crippen LogP contribution in [0, 0.1) is 13.8 Å². The normalized spacial score (nSPS) is 11.2. The number of methoxy groups -OCH3 is 1. The minimum absolute atomic E-state index is 0.0532. The molecule has 5 nitrogen and oxygen atoms in total. The summed E-state index contributed by atoms with van der Waals surface area (Å²) in [4.78, 5) is 31.6. The summed E-state index contributed by atoms with van der Waals surface area (Å²) in [7, 11) is 1.65. The van der Waals surface area contributed by atoms with Gasteiger partial charge in [-0.05, 0) is 50.5 Å². The first kappa shape index (κ1) is 20.3. The third-order valence-electron chi connectivity index (χ3n) is 4.91. The van der Waals surface area contributed by atoms with Gasteiger partial charge in [0.1, 0.15) is 22.2 Å². The van der Waals surface area contributed by atoms with Crippen LogP contribution in [-0.4, -0.2) is 22.4 Å². The number of ketones is 1. The van der Waals surface area contributed by atoms with E-state index in [1.54, 1.807) is 29.9 Å². The highest BCUT2D eigenvalue weighted by atomic mass is 32.1. The zero-order valence-electron chi connectivity index (χ0n) is 17.1. The van der Waals surface area contributed by atoms with Crippen molar-refractivity contribution in [2.45, 2.75) is 53.5 Å². The number of ether oxygens (including phenoxy) is 1. The van der Waals surface area contributed by atoms with Crippen LogP contribution in [0.2, 0.25) is 0 Å². The fourth-order valence-electron chi connectivity index (χ4n) is 3.53. The Bertz CT molecular complexity index is 1100. The number of thiophene rings is 1. The van der Waals surface area contributed by atoms with Crippen molar-refractivity contribution in [3.05, 3.63) is 44.8 Å². The minimum Gasteiger partial charge on any atom is -0.496 e. The molecule has 148 valence electrons. The number of hydrogen-bond donors (Lipinski definition) is 0. The number of benzene rings is 1. The average Bonchev–Trinajstić information content (AvgIpc) is 2.97. The molecule has 0 aliphatic rings. The molecule has 0 atom stereocenters. The first-order chi connectivity index (χ1) is 13.4. The predicted octanol–water partition coefficient (Wildman–Crippen LogP) is 4.68. The van der Waals surface area contributed by atoms with E-state index in [9.17, 15) is 9.59 Å². The molecule has 28 heavy (non-hydrogen) atoms. The van der Waals surface area contributed by atoms with Gasteiger partial charge in [-0.25, -0.2) is 4.98 Å². The van der Waals surface area contributed by atoms with Crippen LogP contribution in [-0.2, 0) is 17.8 Å². The number of carbonyl (C=O) groups excluding carboxylic acids is 1. The van der Waals surface area contributed by atoms with Gasteiger partial charge in [0, 0.05) is 29.8 Å². The van der Waals surface area contributed by atoms with Gasteiger partial charge < -0.3 is 4.74 Å². The van der Waals surface area contributed by atoms with Gasteiger partial charge in [0.2, 0.25) is 0 Å². The summed E-state index contributed by atoms with van der Waals surface area (Å²) in [6, 6.07) is 5.97. The molecule has 0 aliphatic carbocycles. The van der Waals surface area contributed by atoms with Crippen LogP contribution in [0.25, 0.3) is 21.3 Å². The van der Waals surface area contributed by atoms with Gasteiger partial charge in [-0.3, -0.25) is 14.2 Å². The molecule has 2 aromatic heterocycles. The average molecular weight is 399 g/mol. The number of Topliss-reactive ketones (excluding diaryl/α,β-unsaturated/α-hetero) is 1. The van der Waals surface area contributed by atoms with Crippen LogP contribution in [0.4, 0.5) is 0 Å². The molecule has 1 aromatic carbocycles. The monoisotopic (exact) mass is 398 g/mol. The summed E-state index contributed by atoms with van der Waals surface area (Å²) >= 11 is 1.55. The van der Waals surface area contributed by atoms with E-state index in [-0.39, 0.29) is 11.3 Å². The second-order valence-electron chi connectivity index (χ2n) is 7.08. The lowest BCUT2D eigenvalue weighted by Crippen LogP contribution is -2.26. The van der Waals surface area contributed by atoms with Crippen molar-refractivity contribution in [1.29, 1.82) is 0 Å². The third kappa shape index (κ3) is 3.74. The Labute approximate surface area is 169 Å². The Morgan fingerprint density at radius 1 is 1.29 bits per heavy atom. The fourth-order valence-corrected chi connectivity index (χ4v) is 4.59. The SMILES string of the molecule is CCCc1nc2sc(C)c(-c3ccc(OC)c(C)c3)c2c(=O)n1CCC(C)=O. The van der Waals surface area contributed by atoms with Crippen LogP contribution in [0.5, 0.6) is 5.75 Å². The molecular formula is C22H26N2O3S. The van der Waals surface area contributed by atoms with E-state index in [4.69, 9.17) is 9.72 Å². The lowest BCUT2D eigenvalue weighted by atomic mass is 10.0. The molecule has 0 saturated carbocycles. The molecule has 3 aromatic rings. The molecule has 0 saturated heterocycles. The second-order valence-corrected chi connectivity index (χ2v) is 8.29. The van der Waals surface area contributed by atoms with Crippen LogP contribution in [0.1, 0.15) is 43.0 Å². The highest BCUT2D eigenvalue weighted by Gasteiger charge is 2.20. The molecule has 0 radical (unpaired) electrons. The Hall–Kier alpha value is -2.47. The Kier molecular flexibility index (Phi) is 5.98. The number of fused-ring (bicyclic) bond motifs is 1. The Morgan fingerprint density at radius 3 is 2.64 bits per heavy atom. The maximum absolute atomic E-state index is 13.4. The molecular weight excluding hydrogens is 372 g/mol. The summed E-state index contributed by atoms with van der Waals surface area (Å²) in [6.07, 6.45) is 1.95. The topological polar surface area (TPSA) is 61.2 Å². The molecule has 2 heterocycles. The highest BCUT2D eigenvalue weighted by molar-refractivity contribution is 7.19. The van der Waals surface area contributed by atoms with Gasteiger partial charge in [0.15, 0.2) is 0 Å². The van der Waals surface area contributed by atoms with Crippen LogP contribution in [0.3, 0.4) is 0 Å². The van der Waals surface area contributed by atoms with Crippen molar-refractivity contribution >= 4 is 27.3 Å². The van der Waals surface area contributed by atoms with E-state index in [2.05, 4.69) is 6.92 Å². The van der Waals surface area contributed by atoms with Crippen molar-refractivity contribution in [1.82, 2.24) is 9.55 Å². The first-order valence-electron chi connectivity index (χ1n) is 9.54. The largest absolute Gasteiger partial charge is 0.496 e. The minimum atomic E-state index is -0.0532. The van der Waals surface area contributed by atoms with Gasteiger partial charge in [-0.1, -0.05) is 13.0 Å². The highest BCUT2D eigenvalue weighted by Crippen LogP contribution is 2.37. The van der Waals surface area contributed by atoms with Crippen LogP contribution in [0.15, 0.2) is 23.0 Å². The molecule has 0 fully saturated rings. The Balaban J connectivity index is 2.26. The van der Waals surface area contributed by atoms with Crippen LogP contribution >= 0.6 is 11.3 Å². The Morgan fingerprint density at radius 2 is 2.04 bits per heavy atom. The van der Waals surface area contributed by atoms with Gasteiger partial charge in [-0.2, -0.15) is 0 Å². The summed E-state index contributed by atoms with van der Waals surface area (Å²) in [5.41, 5.74) is 2.89. The van der Waals surface area contributed by atoms with Gasteiger partial charge in [0.05, 0.1) is 12.5 Å². The number of aryl methyl sites for hydroxylation is 3. The molecule has 0 unspecified atom stereocenters. The predicted molar refractivity (Wildman–Crippen MR) is 115 cm³/mol. The maximum Gasteiger partial charge on any atom is 0.262 e. The number of nitrogens with zero attached hydrogens (tertiary/aromatic N) is 2. The number of carbonyl (C=O) groups is 1. The smallest absolute Gasteiger partial charge is 0.262 e. The van der Waals surface area contributed by atoms with Crippen molar-refractivity contribution < 1.29 is 9.53 Å². The van der Waals surface area contributed by atoms with E-state index in [1.807, 2.05) is 32.0 Å². The van der Waals surface area contributed by atoms with E-state index in [1.165, 1.54) is 0 Å².